The highest BCUT2D eigenvalue weighted by atomic mass is 32.1. The average Bonchev–Trinajstić information content (AvgIpc) is 3.42. The van der Waals surface area contributed by atoms with Crippen LogP contribution >= 0.6 is 11.3 Å². The van der Waals surface area contributed by atoms with Gasteiger partial charge in [-0.05, 0) is 67.9 Å². The van der Waals surface area contributed by atoms with Crippen LogP contribution in [0.1, 0.15) is 70.5 Å². The summed E-state index contributed by atoms with van der Waals surface area (Å²) in [5.41, 5.74) is -0.172. The Morgan fingerprint density at radius 2 is 1.93 bits per heavy atom. The fourth-order valence-electron chi connectivity index (χ4n) is 5.16. The third-order valence-corrected chi connectivity index (χ3v) is 7.88. The van der Waals surface area contributed by atoms with Crippen LogP contribution in [0.2, 0.25) is 0 Å². The van der Waals surface area contributed by atoms with Gasteiger partial charge in [0.1, 0.15) is 10.8 Å². The van der Waals surface area contributed by atoms with Crippen molar-refractivity contribution in [3.05, 3.63) is 33.8 Å². The molecule has 2 fully saturated rings. The number of amides is 1. The highest BCUT2D eigenvalue weighted by molar-refractivity contribution is 7.12. The fraction of sp³-hybridized carbons (Fsp3) is 0.696. The maximum Gasteiger partial charge on any atom is 0.348 e. The highest BCUT2D eigenvalue weighted by Crippen LogP contribution is 2.34. The van der Waals surface area contributed by atoms with Gasteiger partial charge in [0, 0.05) is 25.4 Å². The van der Waals surface area contributed by atoms with Gasteiger partial charge in [0.25, 0.3) is 0 Å². The van der Waals surface area contributed by atoms with Gasteiger partial charge in [-0.1, -0.05) is 26.2 Å². The number of piperidine rings is 1. The second kappa shape index (κ2) is 9.94. The quantitative estimate of drug-likeness (QED) is 0.708. The van der Waals surface area contributed by atoms with Crippen molar-refractivity contribution in [2.45, 2.75) is 71.1 Å². The number of likely N-dealkylation sites (tertiary alicyclic amines) is 1. The van der Waals surface area contributed by atoms with Crippen LogP contribution in [0.3, 0.4) is 0 Å². The summed E-state index contributed by atoms with van der Waals surface area (Å²) in [6.07, 6.45) is 11.3. The normalized spacial score (nSPS) is 23.0. The number of nitrogens with zero attached hydrogens (tertiary/aromatic N) is 3. The summed E-state index contributed by atoms with van der Waals surface area (Å²) in [5, 5.41) is 9.75. The number of carbonyl (C=O) groups excluding carboxylic acids is 1. The Morgan fingerprint density at radius 1 is 1.17 bits per heavy atom. The number of aromatic nitrogens is 3. The van der Waals surface area contributed by atoms with Crippen molar-refractivity contribution in [1.29, 1.82) is 0 Å². The van der Waals surface area contributed by atoms with Crippen LogP contribution < -0.4 is 5.69 Å². The van der Waals surface area contributed by atoms with Gasteiger partial charge in [0.15, 0.2) is 0 Å². The minimum atomic E-state index is -0.172. The van der Waals surface area contributed by atoms with Crippen LogP contribution in [0.4, 0.5) is 0 Å². The molecule has 7 heteroatoms. The monoisotopic (exact) mass is 430 g/mol. The Hall–Kier alpha value is -1.89. The molecule has 1 amide bonds. The lowest BCUT2D eigenvalue weighted by molar-refractivity contribution is -0.138. The van der Waals surface area contributed by atoms with Crippen LogP contribution in [0.5, 0.6) is 0 Å². The number of H-pyrrole nitrogens is 1. The number of unbranched alkanes of at least 4 members (excludes halogenated alkanes) is 1. The first-order chi connectivity index (χ1) is 14.7. The standard InChI is InChI=1S/C23H34N4O2S/c1-2-3-5-17-7-9-19(10-8-17)22(28)26-13-11-18(12-14-26)16-20-24-25-23(29)27(20)21-6-4-15-30-21/h4,6,15,17-19H,2-3,5,7-14,16H2,1H3,(H,25,29). The van der Waals surface area contributed by atoms with Crippen molar-refractivity contribution in [2.24, 2.45) is 17.8 Å². The van der Waals surface area contributed by atoms with Gasteiger partial charge < -0.3 is 4.90 Å². The van der Waals surface area contributed by atoms with Crippen molar-refractivity contribution in [1.82, 2.24) is 19.7 Å². The van der Waals surface area contributed by atoms with E-state index in [1.54, 1.807) is 15.9 Å². The maximum absolute atomic E-state index is 13.0. The summed E-state index contributed by atoms with van der Waals surface area (Å²) in [6, 6.07) is 3.90. The Kier molecular flexibility index (Phi) is 7.08. The molecule has 3 heterocycles. The molecule has 164 valence electrons. The lowest BCUT2D eigenvalue weighted by Gasteiger charge is -2.36. The van der Waals surface area contributed by atoms with Crippen molar-refractivity contribution in [2.75, 3.05) is 13.1 Å². The molecule has 0 aromatic carbocycles. The second-order valence-corrected chi connectivity index (χ2v) is 9.99. The molecule has 1 saturated heterocycles. The molecule has 0 bridgehead atoms. The molecule has 0 atom stereocenters. The topological polar surface area (TPSA) is 71.0 Å². The van der Waals surface area contributed by atoms with Crippen LogP contribution in [0.25, 0.3) is 5.00 Å². The van der Waals surface area contributed by atoms with Gasteiger partial charge in [-0.15, -0.1) is 11.3 Å². The van der Waals surface area contributed by atoms with Gasteiger partial charge in [-0.3, -0.25) is 4.79 Å². The van der Waals surface area contributed by atoms with E-state index in [1.807, 2.05) is 17.5 Å². The van der Waals surface area contributed by atoms with E-state index in [0.29, 0.717) is 11.8 Å². The Morgan fingerprint density at radius 3 is 2.60 bits per heavy atom. The zero-order valence-corrected chi connectivity index (χ0v) is 18.8. The lowest BCUT2D eigenvalue weighted by Crippen LogP contribution is -2.43. The third kappa shape index (κ3) is 4.88. The van der Waals surface area contributed by atoms with Crippen LogP contribution in [-0.4, -0.2) is 38.7 Å². The summed E-state index contributed by atoms with van der Waals surface area (Å²) in [5.74, 6) is 2.74. The summed E-state index contributed by atoms with van der Waals surface area (Å²) in [6.45, 7) is 3.94. The first-order valence-corrected chi connectivity index (χ1v) is 12.5. The Labute approximate surface area is 182 Å². The Balaban J connectivity index is 1.27. The van der Waals surface area contributed by atoms with E-state index < -0.39 is 0 Å². The molecule has 30 heavy (non-hydrogen) atoms. The molecule has 2 aromatic heterocycles. The van der Waals surface area contributed by atoms with Crippen LogP contribution in [0, 0.1) is 17.8 Å². The molecule has 6 nitrogen and oxygen atoms in total. The van der Waals surface area contributed by atoms with Crippen LogP contribution in [-0.2, 0) is 11.2 Å². The predicted molar refractivity (Wildman–Crippen MR) is 120 cm³/mol. The number of hydrogen-bond acceptors (Lipinski definition) is 4. The number of carbonyl (C=O) groups is 1. The number of rotatable bonds is 7. The molecule has 2 aliphatic rings. The van der Waals surface area contributed by atoms with Crippen molar-refractivity contribution >= 4 is 17.2 Å². The zero-order valence-electron chi connectivity index (χ0n) is 18.0. The summed E-state index contributed by atoms with van der Waals surface area (Å²) >= 11 is 1.55. The molecular weight excluding hydrogens is 396 g/mol. The third-order valence-electron chi connectivity index (χ3n) is 7.03. The van der Waals surface area contributed by atoms with E-state index >= 15 is 0 Å². The molecular formula is C23H34N4O2S. The van der Waals surface area contributed by atoms with E-state index in [9.17, 15) is 9.59 Å². The van der Waals surface area contributed by atoms with E-state index in [1.165, 1.54) is 32.1 Å². The minimum Gasteiger partial charge on any atom is -0.342 e. The summed E-state index contributed by atoms with van der Waals surface area (Å²) < 4.78 is 1.69. The molecule has 4 rings (SSSR count). The molecule has 0 spiro atoms. The van der Waals surface area contributed by atoms with Gasteiger partial charge in [-0.2, -0.15) is 5.10 Å². The van der Waals surface area contributed by atoms with E-state index in [4.69, 9.17) is 0 Å². The van der Waals surface area contributed by atoms with E-state index in [0.717, 1.165) is 61.9 Å². The molecule has 2 aromatic rings. The fourth-order valence-corrected chi connectivity index (χ4v) is 5.90. The maximum atomic E-state index is 13.0. The van der Waals surface area contributed by atoms with Crippen LogP contribution in [0.15, 0.2) is 22.3 Å². The second-order valence-electron chi connectivity index (χ2n) is 9.06. The molecule has 1 aliphatic carbocycles. The molecule has 0 radical (unpaired) electrons. The van der Waals surface area contributed by atoms with E-state index in [2.05, 4.69) is 22.0 Å². The Bertz CT molecular complexity index is 856. The first kappa shape index (κ1) is 21.3. The predicted octanol–water partition coefficient (Wildman–Crippen LogP) is 4.40. The largest absolute Gasteiger partial charge is 0.348 e. The smallest absolute Gasteiger partial charge is 0.342 e. The average molecular weight is 431 g/mol. The van der Waals surface area contributed by atoms with Crippen molar-refractivity contribution < 1.29 is 4.79 Å². The lowest BCUT2D eigenvalue weighted by atomic mass is 9.79. The van der Waals surface area contributed by atoms with Crippen molar-refractivity contribution in [3.8, 4) is 5.00 Å². The van der Waals surface area contributed by atoms with Gasteiger partial charge >= 0.3 is 5.69 Å². The summed E-state index contributed by atoms with van der Waals surface area (Å²) in [4.78, 5) is 27.3. The number of aromatic amines is 1. The number of thiophene rings is 1. The molecule has 1 saturated carbocycles. The van der Waals surface area contributed by atoms with Gasteiger partial charge in [-0.25, -0.2) is 14.5 Å². The molecule has 1 N–H and O–H groups in total. The molecule has 0 unspecified atom stereocenters. The summed E-state index contributed by atoms with van der Waals surface area (Å²) in [7, 11) is 0. The zero-order chi connectivity index (χ0) is 20.9. The van der Waals surface area contributed by atoms with Gasteiger partial charge in [0.2, 0.25) is 5.91 Å². The highest BCUT2D eigenvalue weighted by Gasteiger charge is 2.31. The van der Waals surface area contributed by atoms with Gasteiger partial charge in [0.05, 0.1) is 0 Å². The minimum absolute atomic E-state index is 0.172. The number of nitrogens with one attached hydrogen (secondary N) is 1. The number of hydrogen-bond donors (Lipinski definition) is 1. The van der Waals surface area contributed by atoms with E-state index in [-0.39, 0.29) is 11.6 Å². The first-order valence-electron chi connectivity index (χ1n) is 11.6. The van der Waals surface area contributed by atoms with Crippen molar-refractivity contribution in [3.63, 3.8) is 0 Å². The SMILES string of the molecule is CCCCC1CCC(C(=O)N2CCC(Cc3n[nH]c(=O)n3-c3cccs3)CC2)CC1. The molecule has 1 aliphatic heterocycles.